The number of aryl methyl sites for hydroxylation is 2. The molecule has 1 fully saturated rings. The summed E-state index contributed by atoms with van der Waals surface area (Å²) in [6.07, 6.45) is 1.80. The average molecular weight is 494 g/mol. The third kappa shape index (κ3) is 4.56. The van der Waals surface area contributed by atoms with Crippen LogP contribution >= 0.6 is 0 Å². The maximum atomic E-state index is 13.5. The van der Waals surface area contributed by atoms with Crippen LogP contribution in [0.4, 0.5) is 15.8 Å². The summed E-state index contributed by atoms with van der Waals surface area (Å²) in [5, 5.41) is 0. The Balaban J connectivity index is 1.34. The van der Waals surface area contributed by atoms with Gasteiger partial charge >= 0.3 is 0 Å². The highest BCUT2D eigenvalue weighted by molar-refractivity contribution is 7.89. The van der Waals surface area contributed by atoms with Crippen molar-refractivity contribution in [3.05, 3.63) is 89.2 Å². The summed E-state index contributed by atoms with van der Waals surface area (Å²) in [6.45, 7) is 4.25. The second kappa shape index (κ2) is 9.43. The summed E-state index contributed by atoms with van der Waals surface area (Å²) in [4.78, 5) is 17.4. The first-order valence-corrected chi connectivity index (χ1v) is 13.3. The first-order chi connectivity index (χ1) is 16.8. The number of anilines is 2. The normalized spacial score (nSPS) is 16.7. The zero-order valence-corrected chi connectivity index (χ0v) is 20.5. The summed E-state index contributed by atoms with van der Waals surface area (Å²) in [5.41, 5.74) is 4.36. The molecule has 3 aromatic rings. The Bertz CT molecular complexity index is 1350. The molecule has 0 radical (unpaired) electrons. The van der Waals surface area contributed by atoms with Crippen molar-refractivity contribution in [1.29, 1.82) is 0 Å². The van der Waals surface area contributed by atoms with Gasteiger partial charge < -0.3 is 9.80 Å². The molecule has 2 aliphatic rings. The van der Waals surface area contributed by atoms with E-state index in [1.807, 2.05) is 30.0 Å². The second-order valence-corrected chi connectivity index (χ2v) is 11.0. The number of amides is 1. The molecule has 3 aromatic carbocycles. The van der Waals surface area contributed by atoms with Crippen molar-refractivity contribution >= 4 is 27.3 Å². The molecule has 0 unspecified atom stereocenters. The van der Waals surface area contributed by atoms with Gasteiger partial charge in [0.25, 0.3) is 5.91 Å². The summed E-state index contributed by atoms with van der Waals surface area (Å²) in [7, 11) is -3.75. The highest BCUT2D eigenvalue weighted by atomic mass is 32.2. The van der Waals surface area contributed by atoms with Crippen LogP contribution in [0.5, 0.6) is 0 Å². The Morgan fingerprint density at radius 1 is 0.886 bits per heavy atom. The standard InChI is InChI=1S/C27H28FN3O3S/c1-20-5-2-6-21-8-4-14-31(26(20)21)27(32)22-7-3-9-25(19-22)35(33,34)30-17-15-29(16-18-30)24-12-10-23(28)11-13-24/h2-3,5-7,9-13,19H,4,8,14-18H2,1H3. The average Bonchev–Trinajstić information content (AvgIpc) is 2.89. The molecule has 1 saturated heterocycles. The van der Waals surface area contributed by atoms with E-state index in [4.69, 9.17) is 0 Å². The van der Waals surface area contributed by atoms with E-state index in [1.165, 1.54) is 22.5 Å². The van der Waals surface area contributed by atoms with Crippen LogP contribution in [0.15, 0.2) is 71.6 Å². The Hall–Kier alpha value is -3.23. The summed E-state index contributed by atoms with van der Waals surface area (Å²) < 4.78 is 41.5. The molecule has 8 heteroatoms. The Morgan fingerprint density at radius 2 is 1.60 bits per heavy atom. The molecule has 6 nitrogen and oxygen atoms in total. The van der Waals surface area contributed by atoms with Crippen LogP contribution in [0.2, 0.25) is 0 Å². The molecule has 0 N–H and O–H groups in total. The number of sulfonamides is 1. The number of nitrogens with zero attached hydrogens (tertiary/aromatic N) is 3. The van der Waals surface area contributed by atoms with E-state index < -0.39 is 10.0 Å². The number of fused-ring (bicyclic) bond motifs is 1. The number of carbonyl (C=O) groups excluding carboxylic acids is 1. The fraction of sp³-hybridized carbons (Fsp3) is 0.296. The van der Waals surface area contributed by atoms with E-state index in [2.05, 4.69) is 0 Å². The van der Waals surface area contributed by atoms with Gasteiger partial charge in [-0.15, -0.1) is 0 Å². The molecule has 0 aliphatic carbocycles. The van der Waals surface area contributed by atoms with Gasteiger partial charge in [-0.3, -0.25) is 4.79 Å². The minimum absolute atomic E-state index is 0.126. The molecule has 182 valence electrons. The molecule has 0 bridgehead atoms. The van der Waals surface area contributed by atoms with Crippen LogP contribution in [0.3, 0.4) is 0 Å². The number of benzene rings is 3. The van der Waals surface area contributed by atoms with Crippen LogP contribution < -0.4 is 9.80 Å². The third-order valence-corrected chi connectivity index (χ3v) is 8.71. The Morgan fingerprint density at radius 3 is 2.34 bits per heavy atom. The molecule has 0 spiro atoms. The quantitative estimate of drug-likeness (QED) is 0.546. The van der Waals surface area contributed by atoms with Crippen LogP contribution in [-0.4, -0.2) is 51.4 Å². The molecular formula is C27H28FN3O3S. The van der Waals surface area contributed by atoms with Gasteiger partial charge in [0.05, 0.1) is 10.6 Å². The minimum Gasteiger partial charge on any atom is -0.369 e. The van der Waals surface area contributed by atoms with Gasteiger partial charge in [0, 0.05) is 44.0 Å². The van der Waals surface area contributed by atoms with E-state index in [9.17, 15) is 17.6 Å². The van der Waals surface area contributed by atoms with Crippen LogP contribution in [0.1, 0.15) is 27.9 Å². The lowest BCUT2D eigenvalue weighted by atomic mass is 9.97. The van der Waals surface area contributed by atoms with Crippen LogP contribution in [0.25, 0.3) is 0 Å². The fourth-order valence-electron chi connectivity index (χ4n) is 4.98. The number of rotatable bonds is 4. The molecular weight excluding hydrogens is 465 g/mol. The largest absolute Gasteiger partial charge is 0.369 e. The SMILES string of the molecule is Cc1cccc2c1N(C(=O)c1cccc(S(=O)(=O)N3CCN(c4ccc(F)cc4)CC3)c1)CCC2. The van der Waals surface area contributed by atoms with Crippen molar-refractivity contribution in [3.63, 3.8) is 0 Å². The zero-order chi connectivity index (χ0) is 24.6. The lowest BCUT2D eigenvalue weighted by molar-refractivity contribution is 0.0984. The minimum atomic E-state index is -3.75. The maximum Gasteiger partial charge on any atom is 0.258 e. The van der Waals surface area contributed by atoms with Crippen molar-refractivity contribution < 1.29 is 17.6 Å². The highest BCUT2D eigenvalue weighted by Gasteiger charge is 2.30. The predicted octanol–water partition coefficient (Wildman–Crippen LogP) is 4.24. The lowest BCUT2D eigenvalue weighted by Gasteiger charge is -2.35. The van der Waals surface area contributed by atoms with E-state index in [0.717, 1.165) is 35.3 Å². The first-order valence-electron chi connectivity index (χ1n) is 11.9. The van der Waals surface area contributed by atoms with Crippen molar-refractivity contribution in [2.75, 3.05) is 42.5 Å². The molecule has 0 aromatic heterocycles. The first kappa shape index (κ1) is 23.5. The summed E-state index contributed by atoms with van der Waals surface area (Å²) in [6, 6.07) is 18.6. The number of hydrogen-bond acceptors (Lipinski definition) is 4. The van der Waals surface area contributed by atoms with Gasteiger partial charge in [0.2, 0.25) is 10.0 Å². The number of piperazine rings is 1. The smallest absolute Gasteiger partial charge is 0.258 e. The van der Waals surface area contributed by atoms with E-state index in [0.29, 0.717) is 38.3 Å². The molecule has 2 aliphatic heterocycles. The number of para-hydroxylation sites is 1. The molecule has 5 rings (SSSR count). The van der Waals surface area contributed by atoms with Gasteiger partial charge in [0.1, 0.15) is 5.82 Å². The van der Waals surface area contributed by atoms with Crippen molar-refractivity contribution in [2.45, 2.75) is 24.7 Å². The number of hydrogen-bond donors (Lipinski definition) is 0. The van der Waals surface area contributed by atoms with Gasteiger partial charge in [-0.05, 0) is 73.4 Å². The van der Waals surface area contributed by atoms with E-state index >= 15 is 0 Å². The van der Waals surface area contributed by atoms with Gasteiger partial charge in [-0.1, -0.05) is 24.3 Å². The maximum absolute atomic E-state index is 13.5. The number of carbonyl (C=O) groups is 1. The second-order valence-electron chi connectivity index (χ2n) is 9.04. The van der Waals surface area contributed by atoms with Gasteiger partial charge in [-0.25, -0.2) is 12.8 Å². The lowest BCUT2D eigenvalue weighted by Crippen LogP contribution is -2.48. The Labute approximate surface area is 205 Å². The summed E-state index contributed by atoms with van der Waals surface area (Å²) in [5.74, 6) is -0.481. The Kier molecular flexibility index (Phi) is 6.34. The molecule has 0 atom stereocenters. The van der Waals surface area contributed by atoms with E-state index in [-0.39, 0.29) is 16.6 Å². The van der Waals surface area contributed by atoms with Gasteiger partial charge in [0.15, 0.2) is 0 Å². The van der Waals surface area contributed by atoms with Crippen molar-refractivity contribution in [1.82, 2.24) is 4.31 Å². The van der Waals surface area contributed by atoms with Gasteiger partial charge in [-0.2, -0.15) is 4.31 Å². The zero-order valence-electron chi connectivity index (χ0n) is 19.7. The summed E-state index contributed by atoms with van der Waals surface area (Å²) >= 11 is 0. The van der Waals surface area contributed by atoms with E-state index in [1.54, 1.807) is 35.2 Å². The highest BCUT2D eigenvalue weighted by Crippen LogP contribution is 2.32. The molecule has 35 heavy (non-hydrogen) atoms. The third-order valence-electron chi connectivity index (χ3n) is 6.81. The molecule has 0 saturated carbocycles. The topological polar surface area (TPSA) is 60.9 Å². The van der Waals surface area contributed by atoms with Crippen molar-refractivity contribution in [2.24, 2.45) is 0 Å². The van der Waals surface area contributed by atoms with Crippen LogP contribution in [0, 0.1) is 12.7 Å². The van der Waals surface area contributed by atoms with Crippen molar-refractivity contribution in [3.8, 4) is 0 Å². The fourth-order valence-corrected chi connectivity index (χ4v) is 6.45. The molecule has 1 amide bonds. The van der Waals surface area contributed by atoms with Crippen LogP contribution in [-0.2, 0) is 16.4 Å². The molecule has 2 heterocycles. The monoisotopic (exact) mass is 493 g/mol. The predicted molar refractivity (Wildman–Crippen MR) is 135 cm³/mol. The number of halogens is 1.